The van der Waals surface area contributed by atoms with Crippen LogP contribution in [0.4, 0.5) is 0 Å². The summed E-state index contributed by atoms with van der Waals surface area (Å²) in [4.78, 5) is 0. The zero-order valence-electron chi connectivity index (χ0n) is 9.68. The molecule has 0 bridgehead atoms. The molecule has 0 aliphatic carbocycles. The Morgan fingerprint density at radius 2 is 1.68 bits per heavy atom. The van der Waals surface area contributed by atoms with Crippen LogP contribution in [-0.4, -0.2) is 10.2 Å². The summed E-state index contributed by atoms with van der Waals surface area (Å²) in [6.07, 6.45) is 0. The standard InChI is InChI=1S/C14H8BrClN2O/c15-12-8-10(16)6-7-11(12)14-18-17-13(19-14)9-4-2-1-3-5-9/h1-8H. The van der Waals surface area contributed by atoms with Crippen molar-refractivity contribution in [3.63, 3.8) is 0 Å². The van der Waals surface area contributed by atoms with E-state index in [-0.39, 0.29) is 0 Å². The molecule has 1 heterocycles. The van der Waals surface area contributed by atoms with Gasteiger partial charge >= 0.3 is 0 Å². The van der Waals surface area contributed by atoms with Gasteiger partial charge < -0.3 is 4.42 Å². The van der Waals surface area contributed by atoms with Crippen molar-refractivity contribution in [2.45, 2.75) is 0 Å². The fourth-order valence-electron chi connectivity index (χ4n) is 1.69. The van der Waals surface area contributed by atoms with Gasteiger partial charge in [0.15, 0.2) is 0 Å². The Hall–Kier alpha value is -1.65. The average molecular weight is 336 g/mol. The molecule has 94 valence electrons. The average Bonchev–Trinajstić information content (AvgIpc) is 2.89. The highest BCUT2D eigenvalue weighted by molar-refractivity contribution is 9.10. The van der Waals surface area contributed by atoms with Crippen LogP contribution in [-0.2, 0) is 0 Å². The first-order valence-electron chi connectivity index (χ1n) is 5.58. The molecule has 19 heavy (non-hydrogen) atoms. The lowest BCUT2D eigenvalue weighted by atomic mass is 10.2. The maximum Gasteiger partial charge on any atom is 0.249 e. The molecule has 0 aliphatic heterocycles. The minimum atomic E-state index is 0.461. The number of aromatic nitrogens is 2. The fourth-order valence-corrected chi connectivity index (χ4v) is 2.54. The number of rotatable bonds is 2. The van der Waals surface area contributed by atoms with Crippen molar-refractivity contribution in [3.05, 3.63) is 58.0 Å². The molecule has 0 fully saturated rings. The van der Waals surface area contributed by atoms with Gasteiger partial charge in [0.1, 0.15) is 0 Å². The van der Waals surface area contributed by atoms with Gasteiger partial charge in [-0.05, 0) is 46.3 Å². The molecule has 5 heteroatoms. The molecule has 2 aromatic carbocycles. The van der Waals surface area contributed by atoms with E-state index in [1.807, 2.05) is 36.4 Å². The highest BCUT2D eigenvalue weighted by atomic mass is 79.9. The lowest BCUT2D eigenvalue weighted by Gasteiger charge is -1.99. The molecule has 0 N–H and O–H groups in total. The second-order valence-corrected chi connectivity index (χ2v) is 5.19. The van der Waals surface area contributed by atoms with E-state index in [0.29, 0.717) is 16.8 Å². The van der Waals surface area contributed by atoms with Crippen LogP contribution in [0.3, 0.4) is 0 Å². The number of nitrogens with zero attached hydrogens (tertiary/aromatic N) is 2. The SMILES string of the molecule is Clc1ccc(-c2nnc(-c3ccccc3)o2)c(Br)c1. The van der Waals surface area contributed by atoms with Gasteiger partial charge in [0.25, 0.3) is 0 Å². The normalized spacial score (nSPS) is 10.6. The van der Waals surface area contributed by atoms with E-state index in [4.69, 9.17) is 16.0 Å². The zero-order valence-corrected chi connectivity index (χ0v) is 12.0. The molecule has 0 amide bonds. The summed E-state index contributed by atoms with van der Waals surface area (Å²) in [6, 6.07) is 15.1. The van der Waals surface area contributed by atoms with Gasteiger partial charge in [-0.2, -0.15) is 0 Å². The molecule has 1 aromatic heterocycles. The van der Waals surface area contributed by atoms with Crippen LogP contribution in [0.1, 0.15) is 0 Å². The molecule has 3 aromatic rings. The molecule has 0 atom stereocenters. The first-order chi connectivity index (χ1) is 9.24. The van der Waals surface area contributed by atoms with E-state index in [0.717, 1.165) is 15.6 Å². The van der Waals surface area contributed by atoms with Crippen molar-refractivity contribution in [2.24, 2.45) is 0 Å². The van der Waals surface area contributed by atoms with E-state index in [9.17, 15) is 0 Å². The third-order valence-corrected chi connectivity index (χ3v) is 3.50. The first-order valence-corrected chi connectivity index (χ1v) is 6.75. The van der Waals surface area contributed by atoms with E-state index in [2.05, 4.69) is 26.1 Å². The highest BCUT2D eigenvalue weighted by Crippen LogP contribution is 2.31. The summed E-state index contributed by atoms with van der Waals surface area (Å²) >= 11 is 9.35. The van der Waals surface area contributed by atoms with E-state index < -0.39 is 0 Å². The third kappa shape index (κ3) is 2.55. The van der Waals surface area contributed by atoms with Gasteiger partial charge in [0, 0.05) is 15.1 Å². The minimum Gasteiger partial charge on any atom is -0.416 e. The number of benzene rings is 2. The Morgan fingerprint density at radius 3 is 2.42 bits per heavy atom. The van der Waals surface area contributed by atoms with E-state index in [1.54, 1.807) is 12.1 Å². The molecular formula is C14H8BrClN2O. The summed E-state index contributed by atoms with van der Waals surface area (Å²) in [7, 11) is 0. The van der Waals surface area contributed by atoms with Crippen LogP contribution in [0.2, 0.25) is 5.02 Å². The van der Waals surface area contributed by atoms with Gasteiger partial charge in [-0.1, -0.05) is 29.8 Å². The Morgan fingerprint density at radius 1 is 0.947 bits per heavy atom. The Bertz CT molecular complexity index is 712. The van der Waals surface area contributed by atoms with Crippen LogP contribution in [0.25, 0.3) is 22.9 Å². The van der Waals surface area contributed by atoms with Crippen LogP contribution in [0.15, 0.2) is 57.4 Å². The Kier molecular flexibility index (Phi) is 3.36. The summed E-state index contributed by atoms with van der Waals surface area (Å²) in [6.45, 7) is 0. The first kappa shape index (κ1) is 12.4. The van der Waals surface area contributed by atoms with Gasteiger partial charge in [-0.15, -0.1) is 10.2 Å². The van der Waals surface area contributed by atoms with Crippen molar-refractivity contribution in [3.8, 4) is 22.9 Å². The molecule has 0 saturated carbocycles. The molecule has 3 nitrogen and oxygen atoms in total. The van der Waals surface area contributed by atoms with Crippen molar-refractivity contribution in [1.82, 2.24) is 10.2 Å². The number of hydrogen-bond acceptors (Lipinski definition) is 3. The second-order valence-electron chi connectivity index (χ2n) is 3.90. The molecule has 0 saturated heterocycles. The van der Waals surface area contributed by atoms with E-state index in [1.165, 1.54) is 0 Å². The lowest BCUT2D eigenvalue weighted by molar-refractivity contribution is 0.584. The van der Waals surface area contributed by atoms with Gasteiger partial charge in [0.2, 0.25) is 11.8 Å². The van der Waals surface area contributed by atoms with Gasteiger partial charge in [-0.3, -0.25) is 0 Å². The lowest BCUT2D eigenvalue weighted by Crippen LogP contribution is -1.79. The maximum absolute atomic E-state index is 5.91. The van der Waals surface area contributed by atoms with Crippen LogP contribution >= 0.6 is 27.5 Å². The maximum atomic E-state index is 5.91. The highest BCUT2D eigenvalue weighted by Gasteiger charge is 2.12. The Balaban J connectivity index is 2.02. The van der Waals surface area contributed by atoms with E-state index >= 15 is 0 Å². The number of hydrogen-bond donors (Lipinski definition) is 0. The minimum absolute atomic E-state index is 0.461. The topological polar surface area (TPSA) is 38.9 Å². The predicted molar refractivity (Wildman–Crippen MR) is 77.9 cm³/mol. The molecule has 0 unspecified atom stereocenters. The zero-order chi connectivity index (χ0) is 13.2. The summed E-state index contributed by atoms with van der Waals surface area (Å²) in [5.74, 6) is 0.958. The second kappa shape index (κ2) is 5.15. The monoisotopic (exact) mass is 334 g/mol. The Labute approximate surface area is 123 Å². The quantitative estimate of drug-likeness (QED) is 0.674. The molecule has 0 aliphatic rings. The molecular weight excluding hydrogens is 328 g/mol. The van der Waals surface area contributed by atoms with Crippen LogP contribution in [0, 0.1) is 0 Å². The smallest absolute Gasteiger partial charge is 0.249 e. The summed E-state index contributed by atoms with van der Waals surface area (Å²) in [5.41, 5.74) is 1.71. The summed E-state index contributed by atoms with van der Waals surface area (Å²) < 4.78 is 6.50. The predicted octanol–water partition coefficient (Wildman–Crippen LogP) is 4.82. The molecule has 3 rings (SSSR count). The van der Waals surface area contributed by atoms with Crippen molar-refractivity contribution in [1.29, 1.82) is 0 Å². The van der Waals surface area contributed by atoms with Crippen molar-refractivity contribution in [2.75, 3.05) is 0 Å². The van der Waals surface area contributed by atoms with Gasteiger partial charge in [0.05, 0.1) is 5.56 Å². The third-order valence-electron chi connectivity index (χ3n) is 2.61. The van der Waals surface area contributed by atoms with Crippen LogP contribution < -0.4 is 0 Å². The van der Waals surface area contributed by atoms with Crippen molar-refractivity contribution < 1.29 is 4.42 Å². The number of halogens is 2. The fraction of sp³-hybridized carbons (Fsp3) is 0. The van der Waals surface area contributed by atoms with Gasteiger partial charge in [-0.25, -0.2) is 0 Å². The molecule has 0 radical (unpaired) electrons. The molecule has 0 spiro atoms. The largest absolute Gasteiger partial charge is 0.416 e. The summed E-state index contributed by atoms with van der Waals surface area (Å²) in [5, 5.41) is 8.77. The van der Waals surface area contributed by atoms with Crippen molar-refractivity contribution >= 4 is 27.5 Å². The van der Waals surface area contributed by atoms with Crippen LogP contribution in [0.5, 0.6) is 0 Å².